The summed E-state index contributed by atoms with van der Waals surface area (Å²) in [5.74, 6) is -2.13. The minimum atomic E-state index is -5.08. The van der Waals surface area contributed by atoms with Crippen LogP contribution in [0.5, 0.6) is 5.88 Å². The molecule has 3 aliphatic rings. The fourth-order valence-corrected chi connectivity index (χ4v) is 3.52. The third kappa shape index (κ3) is 5.07. The average molecular weight is 389 g/mol. The number of ether oxygens (including phenoxy) is 2. The maximum atomic E-state index is 10.6. The Hall–Kier alpha value is -1.94. The van der Waals surface area contributed by atoms with E-state index in [0.29, 0.717) is 5.88 Å². The molecule has 1 spiro atoms. The smallest absolute Gasteiger partial charge is 0.475 e. The van der Waals surface area contributed by atoms with Crippen LogP contribution in [0, 0.1) is 0 Å². The molecule has 150 valence electrons. The molecule has 3 heterocycles. The van der Waals surface area contributed by atoms with Gasteiger partial charge in [-0.3, -0.25) is 9.88 Å². The molecule has 1 atom stereocenters. The number of hydrogen-bond acceptors (Lipinski definition) is 6. The molecule has 10 heteroatoms. The molecule has 1 aliphatic carbocycles. The van der Waals surface area contributed by atoms with Crippen molar-refractivity contribution in [2.75, 3.05) is 19.7 Å². The second kappa shape index (κ2) is 7.97. The summed E-state index contributed by atoms with van der Waals surface area (Å²) >= 11 is 0. The molecule has 1 aromatic heterocycles. The topological polar surface area (TPSA) is 84.8 Å². The number of nitrogens with zero attached hydrogens (tertiary/aromatic N) is 3. The number of alkyl halides is 3. The number of aliphatic carboxylic acids is 1. The maximum absolute atomic E-state index is 10.6. The van der Waals surface area contributed by atoms with Crippen molar-refractivity contribution in [2.24, 2.45) is 0 Å². The van der Waals surface area contributed by atoms with E-state index in [1.54, 1.807) is 18.6 Å². The van der Waals surface area contributed by atoms with Gasteiger partial charge in [-0.25, -0.2) is 9.78 Å². The lowest BCUT2D eigenvalue weighted by Gasteiger charge is -2.57. The van der Waals surface area contributed by atoms with Crippen LogP contribution in [-0.4, -0.2) is 69.6 Å². The van der Waals surface area contributed by atoms with Gasteiger partial charge >= 0.3 is 12.1 Å². The van der Waals surface area contributed by atoms with Gasteiger partial charge in [-0.1, -0.05) is 6.42 Å². The van der Waals surface area contributed by atoms with Crippen LogP contribution in [0.3, 0.4) is 0 Å². The molecule has 2 saturated heterocycles. The van der Waals surface area contributed by atoms with Gasteiger partial charge in [0.15, 0.2) is 0 Å². The van der Waals surface area contributed by atoms with E-state index in [4.69, 9.17) is 19.4 Å². The predicted octanol–water partition coefficient (Wildman–Crippen LogP) is 2.27. The molecule has 7 nitrogen and oxygen atoms in total. The Morgan fingerprint density at radius 1 is 1.30 bits per heavy atom. The monoisotopic (exact) mass is 389 g/mol. The third-order valence-corrected chi connectivity index (χ3v) is 5.09. The fourth-order valence-electron chi connectivity index (χ4n) is 3.52. The number of hydrogen-bond donors (Lipinski definition) is 1. The molecule has 1 unspecified atom stereocenters. The van der Waals surface area contributed by atoms with Gasteiger partial charge in [0, 0.05) is 44.4 Å². The average Bonchev–Trinajstić information content (AvgIpc) is 2.53. The Bertz CT molecular complexity index is 634. The first kappa shape index (κ1) is 19.8. The predicted molar refractivity (Wildman–Crippen MR) is 87.3 cm³/mol. The second-order valence-corrected chi connectivity index (χ2v) is 7.10. The van der Waals surface area contributed by atoms with Crippen LogP contribution in [-0.2, 0) is 9.53 Å². The van der Waals surface area contributed by atoms with Gasteiger partial charge in [-0.15, -0.1) is 0 Å². The fraction of sp³-hybridized carbons (Fsp3) is 0.706. The summed E-state index contributed by atoms with van der Waals surface area (Å²) in [5, 5.41) is 7.12. The van der Waals surface area contributed by atoms with Crippen molar-refractivity contribution < 1.29 is 32.5 Å². The molecule has 1 aromatic rings. The number of rotatable bonds is 3. The SMILES string of the molecule is O=C(O)C(F)(F)F.c1cnc(OC2CCOC3(C2)CN(C2CCC2)C3)cn1. The van der Waals surface area contributed by atoms with Crippen molar-refractivity contribution in [3.05, 3.63) is 18.6 Å². The number of halogens is 3. The summed E-state index contributed by atoms with van der Waals surface area (Å²) < 4.78 is 43.7. The molecular formula is C17H22F3N3O4. The highest BCUT2D eigenvalue weighted by Gasteiger charge is 2.50. The van der Waals surface area contributed by atoms with Crippen molar-refractivity contribution in [3.63, 3.8) is 0 Å². The Kier molecular flexibility index (Phi) is 5.85. The molecule has 0 radical (unpaired) electrons. The van der Waals surface area contributed by atoms with Gasteiger partial charge in [0.05, 0.1) is 18.4 Å². The van der Waals surface area contributed by atoms with Crippen molar-refractivity contribution in [1.82, 2.24) is 14.9 Å². The first-order valence-electron chi connectivity index (χ1n) is 8.88. The van der Waals surface area contributed by atoms with E-state index in [2.05, 4.69) is 14.9 Å². The van der Waals surface area contributed by atoms with E-state index in [-0.39, 0.29) is 11.7 Å². The second-order valence-electron chi connectivity index (χ2n) is 7.10. The van der Waals surface area contributed by atoms with Crippen molar-refractivity contribution in [2.45, 2.75) is 56.0 Å². The molecule has 1 saturated carbocycles. The number of likely N-dealkylation sites (tertiary alicyclic amines) is 1. The number of carboxylic acids is 1. The van der Waals surface area contributed by atoms with Crippen LogP contribution in [0.1, 0.15) is 32.1 Å². The molecule has 3 fully saturated rings. The van der Waals surface area contributed by atoms with Crippen LogP contribution in [0.2, 0.25) is 0 Å². The Balaban J connectivity index is 0.000000260. The molecule has 0 bridgehead atoms. The van der Waals surface area contributed by atoms with Gasteiger partial charge in [-0.05, 0) is 12.8 Å². The first-order chi connectivity index (χ1) is 12.8. The molecule has 4 rings (SSSR count). The van der Waals surface area contributed by atoms with Gasteiger partial charge in [0.2, 0.25) is 5.88 Å². The summed E-state index contributed by atoms with van der Waals surface area (Å²) in [5.41, 5.74) is 0.0424. The van der Waals surface area contributed by atoms with Gasteiger partial charge in [-0.2, -0.15) is 13.2 Å². The van der Waals surface area contributed by atoms with E-state index in [1.807, 2.05) is 0 Å². The zero-order chi connectivity index (χ0) is 19.5. The summed E-state index contributed by atoms with van der Waals surface area (Å²) in [6.45, 7) is 2.96. The molecule has 0 amide bonds. The minimum absolute atomic E-state index is 0.0424. The normalized spacial score (nSPS) is 24.9. The highest BCUT2D eigenvalue weighted by atomic mass is 19.4. The Morgan fingerprint density at radius 2 is 2.00 bits per heavy atom. The summed E-state index contributed by atoms with van der Waals surface area (Å²) in [7, 11) is 0. The number of aromatic nitrogens is 2. The summed E-state index contributed by atoms with van der Waals surface area (Å²) in [6.07, 6.45) is 6.22. The lowest BCUT2D eigenvalue weighted by molar-refractivity contribution is -0.200. The van der Waals surface area contributed by atoms with Crippen molar-refractivity contribution >= 4 is 5.97 Å². The third-order valence-electron chi connectivity index (χ3n) is 5.09. The minimum Gasteiger partial charge on any atom is -0.475 e. The highest BCUT2D eigenvalue weighted by Crippen LogP contribution is 2.40. The Labute approximate surface area is 154 Å². The van der Waals surface area contributed by atoms with E-state index in [9.17, 15) is 13.2 Å². The van der Waals surface area contributed by atoms with Crippen molar-refractivity contribution in [1.29, 1.82) is 0 Å². The highest BCUT2D eigenvalue weighted by molar-refractivity contribution is 5.73. The van der Waals surface area contributed by atoms with E-state index < -0.39 is 12.1 Å². The molecular weight excluding hydrogens is 367 g/mol. The van der Waals surface area contributed by atoms with Crippen LogP contribution in [0.4, 0.5) is 13.2 Å². The van der Waals surface area contributed by atoms with Crippen LogP contribution in [0.25, 0.3) is 0 Å². The zero-order valence-corrected chi connectivity index (χ0v) is 14.7. The summed E-state index contributed by atoms with van der Waals surface area (Å²) in [4.78, 5) is 19.7. The van der Waals surface area contributed by atoms with Gasteiger partial charge in [0.1, 0.15) is 6.10 Å². The largest absolute Gasteiger partial charge is 0.490 e. The van der Waals surface area contributed by atoms with Crippen molar-refractivity contribution in [3.8, 4) is 5.88 Å². The standard InChI is InChI=1S/C15H21N3O2.C2HF3O2/c1-2-12(3-1)18-10-15(11-18)8-13(4-7-19-15)20-14-9-16-5-6-17-14;3-2(4,5)1(6)7/h5-6,9,12-13H,1-4,7-8,10-11H2;(H,6,7). The van der Waals surface area contributed by atoms with E-state index in [0.717, 1.165) is 38.6 Å². The van der Waals surface area contributed by atoms with Crippen LogP contribution < -0.4 is 4.74 Å². The van der Waals surface area contributed by atoms with Crippen LogP contribution >= 0.6 is 0 Å². The molecule has 0 aromatic carbocycles. The first-order valence-corrected chi connectivity index (χ1v) is 8.88. The maximum Gasteiger partial charge on any atom is 0.490 e. The number of carbonyl (C=O) groups is 1. The van der Waals surface area contributed by atoms with E-state index in [1.165, 1.54) is 19.3 Å². The van der Waals surface area contributed by atoms with Gasteiger partial charge in [0.25, 0.3) is 0 Å². The lowest BCUT2D eigenvalue weighted by Crippen LogP contribution is -2.69. The zero-order valence-electron chi connectivity index (χ0n) is 14.7. The molecule has 27 heavy (non-hydrogen) atoms. The lowest BCUT2D eigenvalue weighted by atomic mass is 9.80. The van der Waals surface area contributed by atoms with E-state index >= 15 is 0 Å². The number of carboxylic acid groups (broad SMARTS) is 1. The molecule has 2 aliphatic heterocycles. The Morgan fingerprint density at radius 3 is 2.52 bits per heavy atom. The summed E-state index contributed by atoms with van der Waals surface area (Å²) in [6, 6.07) is 0.825. The van der Waals surface area contributed by atoms with Gasteiger partial charge < -0.3 is 14.6 Å². The van der Waals surface area contributed by atoms with Crippen LogP contribution in [0.15, 0.2) is 18.6 Å². The quantitative estimate of drug-likeness (QED) is 0.849. The molecule has 1 N–H and O–H groups in total.